The number of halogens is 4. The zero-order valence-corrected chi connectivity index (χ0v) is 18.4. The lowest BCUT2D eigenvalue weighted by Gasteiger charge is -2.12. The molecule has 0 saturated carbocycles. The SMILES string of the molecule is Cn1cc(Cn2ccc(OCc3ccc(Oc4ccc(Cl)c(C(F)(F)F)c4)cn3)nc2=O)cn1. The predicted molar refractivity (Wildman–Crippen MR) is 116 cm³/mol. The highest BCUT2D eigenvalue weighted by molar-refractivity contribution is 6.31. The van der Waals surface area contributed by atoms with E-state index in [1.807, 2.05) is 0 Å². The van der Waals surface area contributed by atoms with Gasteiger partial charge in [-0.05, 0) is 30.3 Å². The molecule has 12 heteroatoms. The van der Waals surface area contributed by atoms with E-state index in [4.69, 9.17) is 21.1 Å². The summed E-state index contributed by atoms with van der Waals surface area (Å²) in [4.78, 5) is 20.3. The number of hydrogen-bond acceptors (Lipinski definition) is 6. The van der Waals surface area contributed by atoms with Crippen LogP contribution in [-0.4, -0.2) is 24.3 Å². The smallest absolute Gasteiger partial charge is 0.417 e. The third-order valence-electron chi connectivity index (χ3n) is 4.60. The summed E-state index contributed by atoms with van der Waals surface area (Å²) in [7, 11) is 1.79. The largest absolute Gasteiger partial charge is 0.471 e. The molecule has 0 radical (unpaired) electrons. The number of aromatic nitrogens is 5. The number of benzene rings is 1. The molecular formula is C22H17ClF3N5O3. The molecule has 8 nitrogen and oxygen atoms in total. The van der Waals surface area contributed by atoms with E-state index in [1.165, 1.54) is 22.9 Å². The summed E-state index contributed by atoms with van der Waals surface area (Å²) in [5.74, 6) is 0.337. The van der Waals surface area contributed by atoms with Gasteiger partial charge in [0.25, 0.3) is 0 Å². The van der Waals surface area contributed by atoms with E-state index < -0.39 is 22.5 Å². The zero-order chi connectivity index (χ0) is 24.3. The number of alkyl halides is 3. The fraction of sp³-hybridized carbons (Fsp3) is 0.182. The molecular weight excluding hydrogens is 475 g/mol. The highest BCUT2D eigenvalue weighted by Crippen LogP contribution is 2.37. The molecule has 0 atom stereocenters. The molecule has 1 aromatic carbocycles. The summed E-state index contributed by atoms with van der Waals surface area (Å²) in [6.07, 6.45) is 1.79. The van der Waals surface area contributed by atoms with Gasteiger partial charge in [0, 0.05) is 31.1 Å². The Balaban J connectivity index is 1.36. The van der Waals surface area contributed by atoms with E-state index in [9.17, 15) is 18.0 Å². The molecule has 0 aliphatic heterocycles. The molecule has 0 N–H and O–H groups in total. The summed E-state index contributed by atoms with van der Waals surface area (Å²) in [5, 5.41) is 3.65. The van der Waals surface area contributed by atoms with Crippen LogP contribution in [0.3, 0.4) is 0 Å². The highest BCUT2D eigenvalue weighted by Gasteiger charge is 2.33. The van der Waals surface area contributed by atoms with Crippen LogP contribution in [0.15, 0.2) is 66.0 Å². The molecule has 176 valence electrons. The van der Waals surface area contributed by atoms with E-state index in [2.05, 4.69) is 15.1 Å². The third-order valence-corrected chi connectivity index (χ3v) is 4.93. The van der Waals surface area contributed by atoms with Gasteiger partial charge in [0.1, 0.15) is 18.1 Å². The van der Waals surface area contributed by atoms with Crippen molar-refractivity contribution < 1.29 is 22.6 Å². The molecule has 0 aliphatic carbocycles. The summed E-state index contributed by atoms with van der Waals surface area (Å²) in [6.45, 7) is 0.361. The number of aryl methyl sites for hydroxylation is 1. The Hall–Kier alpha value is -3.86. The summed E-state index contributed by atoms with van der Waals surface area (Å²) in [5.41, 5.74) is -0.0978. The number of nitrogens with zero attached hydrogens (tertiary/aromatic N) is 5. The molecule has 4 aromatic rings. The number of pyridine rings is 1. The second-order valence-corrected chi connectivity index (χ2v) is 7.62. The summed E-state index contributed by atoms with van der Waals surface area (Å²) >= 11 is 5.61. The Bertz CT molecular complexity index is 1350. The predicted octanol–water partition coefficient (Wildman–Crippen LogP) is 4.46. The Morgan fingerprint density at radius 2 is 1.88 bits per heavy atom. The number of ether oxygens (including phenoxy) is 2. The van der Waals surface area contributed by atoms with Crippen molar-refractivity contribution in [3.05, 3.63) is 93.5 Å². The molecule has 0 fully saturated rings. The lowest BCUT2D eigenvalue weighted by Crippen LogP contribution is -2.23. The van der Waals surface area contributed by atoms with E-state index in [0.29, 0.717) is 12.2 Å². The average molecular weight is 492 g/mol. The van der Waals surface area contributed by atoms with E-state index in [1.54, 1.807) is 42.5 Å². The normalized spacial score (nSPS) is 11.4. The Morgan fingerprint density at radius 3 is 2.53 bits per heavy atom. The Labute approximate surface area is 196 Å². The molecule has 34 heavy (non-hydrogen) atoms. The van der Waals surface area contributed by atoms with Crippen LogP contribution in [0.25, 0.3) is 0 Å². The number of rotatable bonds is 7. The molecule has 4 rings (SSSR count). The maximum absolute atomic E-state index is 13.0. The van der Waals surface area contributed by atoms with Crippen molar-refractivity contribution in [3.63, 3.8) is 0 Å². The van der Waals surface area contributed by atoms with Gasteiger partial charge in [-0.25, -0.2) is 4.79 Å². The molecule has 0 unspecified atom stereocenters. The Kier molecular flexibility index (Phi) is 6.55. The fourth-order valence-corrected chi connectivity index (χ4v) is 3.21. The van der Waals surface area contributed by atoms with Gasteiger partial charge in [-0.3, -0.25) is 14.2 Å². The van der Waals surface area contributed by atoms with Gasteiger partial charge in [-0.1, -0.05) is 11.6 Å². The van der Waals surface area contributed by atoms with E-state index in [-0.39, 0.29) is 24.0 Å². The first-order valence-electron chi connectivity index (χ1n) is 9.85. The van der Waals surface area contributed by atoms with Crippen LogP contribution in [0.5, 0.6) is 17.4 Å². The zero-order valence-electron chi connectivity index (χ0n) is 17.7. The first kappa shape index (κ1) is 23.3. The van der Waals surface area contributed by atoms with Crippen LogP contribution in [0.2, 0.25) is 5.02 Å². The lowest BCUT2D eigenvalue weighted by molar-refractivity contribution is -0.137. The minimum absolute atomic E-state index is 0.0263. The van der Waals surface area contributed by atoms with Crippen LogP contribution < -0.4 is 15.2 Å². The van der Waals surface area contributed by atoms with Crippen molar-refractivity contribution in [2.24, 2.45) is 7.05 Å². The molecule has 3 heterocycles. The molecule has 0 saturated heterocycles. The lowest BCUT2D eigenvalue weighted by atomic mass is 10.2. The molecule has 0 amide bonds. The van der Waals surface area contributed by atoms with Crippen LogP contribution >= 0.6 is 11.6 Å². The van der Waals surface area contributed by atoms with Gasteiger partial charge < -0.3 is 9.47 Å². The van der Waals surface area contributed by atoms with Gasteiger partial charge in [0.2, 0.25) is 5.88 Å². The fourth-order valence-electron chi connectivity index (χ4n) is 2.99. The first-order valence-corrected chi connectivity index (χ1v) is 10.2. The molecule has 0 aliphatic rings. The standard InChI is InChI=1S/C22H17ClF3N5O3/c1-30-11-14(9-28-30)12-31-7-6-20(29-21(31)32)33-13-15-2-3-17(10-27-15)34-16-4-5-19(23)18(8-16)22(24,25)26/h2-11H,12-13H2,1H3. The van der Waals surface area contributed by atoms with Gasteiger partial charge in [-0.15, -0.1) is 0 Å². The maximum atomic E-state index is 13.0. The highest BCUT2D eigenvalue weighted by atomic mass is 35.5. The molecule has 0 bridgehead atoms. The van der Waals surface area contributed by atoms with Crippen molar-refractivity contribution in [1.29, 1.82) is 0 Å². The topological polar surface area (TPSA) is 84.1 Å². The van der Waals surface area contributed by atoms with Crippen LogP contribution in [0.4, 0.5) is 13.2 Å². The van der Waals surface area contributed by atoms with E-state index in [0.717, 1.165) is 17.7 Å². The molecule has 0 spiro atoms. The van der Waals surface area contributed by atoms with Gasteiger partial charge in [0.05, 0.1) is 35.2 Å². The minimum atomic E-state index is -4.59. The molecule has 3 aromatic heterocycles. The summed E-state index contributed by atoms with van der Waals surface area (Å²) in [6, 6.07) is 7.95. The minimum Gasteiger partial charge on any atom is -0.471 e. The second kappa shape index (κ2) is 9.56. The maximum Gasteiger partial charge on any atom is 0.417 e. The van der Waals surface area contributed by atoms with Crippen molar-refractivity contribution in [3.8, 4) is 17.4 Å². The third kappa shape index (κ3) is 5.73. The first-order chi connectivity index (χ1) is 16.2. The van der Waals surface area contributed by atoms with Crippen LogP contribution in [-0.2, 0) is 26.4 Å². The second-order valence-electron chi connectivity index (χ2n) is 7.21. The van der Waals surface area contributed by atoms with Crippen LogP contribution in [0, 0.1) is 0 Å². The quantitative estimate of drug-likeness (QED) is 0.379. The van der Waals surface area contributed by atoms with Gasteiger partial charge >= 0.3 is 11.9 Å². The monoisotopic (exact) mass is 491 g/mol. The van der Waals surface area contributed by atoms with Crippen molar-refractivity contribution in [2.75, 3.05) is 0 Å². The van der Waals surface area contributed by atoms with Gasteiger partial charge in [-0.2, -0.15) is 23.3 Å². The van der Waals surface area contributed by atoms with Gasteiger partial charge in [0.15, 0.2) is 0 Å². The van der Waals surface area contributed by atoms with Crippen molar-refractivity contribution in [2.45, 2.75) is 19.3 Å². The summed E-state index contributed by atoms with van der Waals surface area (Å²) < 4.78 is 53.0. The number of hydrogen-bond donors (Lipinski definition) is 0. The average Bonchev–Trinajstić information content (AvgIpc) is 3.20. The Morgan fingerprint density at radius 1 is 1.09 bits per heavy atom. The van der Waals surface area contributed by atoms with Crippen LogP contribution in [0.1, 0.15) is 16.8 Å². The van der Waals surface area contributed by atoms with Crippen molar-refractivity contribution >= 4 is 11.6 Å². The van der Waals surface area contributed by atoms with Crippen molar-refractivity contribution in [1.82, 2.24) is 24.3 Å². The van der Waals surface area contributed by atoms with E-state index >= 15 is 0 Å².